The Bertz CT molecular complexity index is 295. The summed E-state index contributed by atoms with van der Waals surface area (Å²) >= 11 is 0. The average molecular weight is 224 g/mol. The molecule has 0 spiro atoms. The highest BCUT2D eigenvalue weighted by Crippen LogP contribution is 2.28. The maximum absolute atomic E-state index is 11.8. The highest BCUT2D eigenvalue weighted by molar-refractivity contribution is 5.81. The quantitative estimate of drug-likeness (QED) is 0.604. The molecule has 2 unspecified atom stereocenters. The third-order valence-corrected chi connectivity index (χ3v) is 3.58. The van der Waals surface area contributed by atoms with E-state index in [0.29, 0.717) is 13.0 Å². The van der Waals surface area contributed by atoms with Crippen molar-refractivity contribution in [1.29, 1.82) is 0 Å². The summed E-state index contributed by atoms with van der Waals surface area (Å²) in [6.45, 7) is 0.380. The van der Waals surface area contributed by atoms with Crippen molar-refractivity contribution in [2.24, 2.45) is 11.7 Å². The minimum Gasteiger partial charge on any atom is -0.388 e. The van der Waals surface area contributed by atoms with E-state index in [1.807, 2.05) is 12.2 Å². The van der Waals surface area contributed by atoms with E-state index in [-0.39, 0.29) is 17.9 Å². The maximum Gasteiger partial charge on any atom is 0.227 e. The molecule has 0 saturated heterocycles. The fourth-order valence-electron chi connectivity index (χ4n) is 2.51. The number of rotatable bonds is 3. The topological polar surface area (TPSA) is 75.4 Å². The van der Waals surface area contributed by atoms with Gasteiger partial charge < -0.3 is 16.2 Å². The number of carbonyl (C=O) groups is 1. The smallest absolute Gasteiger partial charge is 0.227 e. The Morgan fingerprint density at radius 1 is 1.44 bits per heavy atom. The van der Waals surface area contributed by atoms with Gasteiger partial charge in [-0.3, -0.25) is 4.79 Å². The van der Waals surface area contributed by atoms with Crippen molar-refractivity contribution in [2.75, 3.05) is 6.54 Å². The summed E-state index contributed by atoms with van der Waals surface area (Å²) in [4.78, 5) is 11.8. The first-order chi connectivity index (χ1) is 7.59. The van der Waals surface area contributed by atoms with E-state index in [2.05, 4.69) is 5.32 Å². The van der Waals surface area contributed by atoms with Gasteiger partial charge in [-0.15, -0.1) is 0 Å². The Balaban J connectivity index is 1.77. The summed E-state index contributed by atoms with van der Waals surface area (Å²) in [7, 11) is 0. The maximum atomic E-state index is 11.8. The van der Waals surface area contributed by atoms with Gasteiger partial charge in [0, 0.05) is 12.6 Å². The van der Waals surface area contributed by atoms with Crippen molar-refractivity contribution >= 4 is 5.91 Å². The molecule has 0 aromatic rings. The molecule has 4 N–H and O–H groups in total. The predicted molar refractivity (Wildman–Crippen MR) is 61.6 cm³/mol. The number of amides is 1. The number of hydrogen-bond acceptors (Lipinski definition) is 3. The zero-order chi connectivity index (χ0) is 11.6. The van der Waals surface area contributed by atoms with Crippen LogP contribution in [0.1, 0.15) is 32.1 Å². The van der Waals surface area contributed by atoms with E-state index in [1.165, 1.54) is 0 Å². The van der Waals surface area contributed by atoms with Gasteiger partial charge in [0.1, 0.15) is 0 Å². The molecule has 2 aliphatic rings. The first-order valence-corrected chi connectivity index (χ1v) is 6.03. The molecule has 16 heavy (non-hydrogen) atoms. The van der Waals surface area contributed by atoms with E-state index in [4.69, 9.17) is 5.73 Å². The summed E-state index contributed by atoms with van der Waals surface area (Å²) in [6.07, 6.45) is 8.12. The van der Waals surface area contributed by atoms with Crippen molar-refractivity contribution < 1.29 is 9.90 Å². The molecule has 0 aromatic carbocycles. The largest absolute Gasteiger partial charge is 0.388 e. The Hall–Kier alpha value is -0.870. The van der Waals surface area contributed by atoms with E-state index in [9.17, 15) is 9.90 Å². The molecule has 1 amide bonds. The van der Waals surface area contributed by atoms with Gasteiger partial charge in [0.25, 0.3) is 0 Å². The number of nitrogens with one attached hydrogen (secondary N) is 1. The molecule has 4 nitrogen and oxygen atoms in total. The van der Waals surface area contributed by atoms with Crippen molar-refractivity contribution in [3.8, 4) is 0 Å². The average Bonchev–Trinajstić information content (AvgIpc) is 2.85. The molecule has 2 aliphatic carbocycles. The molecule has 2 atom stereocenters. The van der Waals surface area contributed by atoms with Crippen LogP contribution in [-0.4, -0.2) is 29.2 Å². The highest BCUT2D eigenvalue weighted by Gasteiger charge is 2.32. The molecule has 4 heteroatoms. The predicted octanol–water partition coefficient (Wildman–Crippen LogP) is 0.311. The third kappa shape index (κ3) is 2.62. The molecule has 0 radical (unpaired) electrons. The fraction of sp³-hybridized carbons (Fsp3) is 0.750. The second-order valence-electron chi connectivity index (χ2n) is 5.04. The van der Waals surface area contributed by atoms with Crippen LogP contribution >= 0.6 is 0 Å². The third-order valence-electron chi connectivity index (χ3n) is 3.58. The Morgan fingerprint density at radius 2 is 2.12 bits per heavy atom. The minimum atomic E-state index is -0.667. The van der Waals surface area contributed by atoms with Crippen LogP contribution in [0.25, 0.3) is 0 Å². The SMILES string of the molecule is NC1C=CC(C(=O)NCC2(O)CCCC2)C1. The molecular formula is C12H20N2O2. The monoisotopic (exact) mass is 224 g/mol. The molecule has 0 bridgehead atoms. The van der Waals surface area contributed by atoms with Crippen LogP contribution in [-0.2, 0) is 4.79 Å². The summed E-state index contributed by atoms with van der Waals surface area (Å²) in [5, 5.41) is 12.9. The van der Waals surface area contributed by atoms with Gasteiger partial charge in [0.15, 0.2) is 0 Å². The van der Waals surface area contributed by atoms with E-state index < -0.39 is 5.60 Å². The molecular weight excluding hydrogens is 204 g/mol. The zero-order valence-corrected chi connectivity index (χ0v) is 9.48. The summed E-state index contributed by atoms with van der Waals surface area (Å²) < 4.78 is 0. The summed E-state index contributed by atoms with van der Waals surface area (Å²) in [5.41, 5.74) is 5.02. The molecule has 1 fully saturated rings. The fourth-order valence-corrected chi connectivity index (χ4v) is 2.51. The standard InChI is InChI=1S/C12H20N2O2/c13-10-4-3-9(7-10)11(15)14-8-12(16)5-1-2-6-12/h3-4,9-10,16H,1-2,5-8,13H2,(H,14,15). The van der Waals surface area contributed by atoms with E-state index >= 15 is 0 Å². The lowest BCUT2D eigenvalue weighted by Gasteiger charge is -2.23. The van der Waals surface area contributed by atoms with E-state index in [0.717, 1.165) is 25.7 Å². The van der Waals surface area contributed by atoms with Crippen LogP contribution in [0.4, 0.5) is 0 Å². The molecule has 0 heterocycles. The second kappa shape index (κ2) is 4.55. The van der Waals surface area contributed by atoms with Crippen LogP contribution < -0.4 is 11.1 Å². The lowest BCUT2D eigenvalue weighted by Crippen LogP contribution is -2.42. The van der Waals surface area contributed by atoms with Crippen molar-refractivity contribution in [3.05, 3.63) is 12.2 Å². The normalized spacial score (nSPS) is 31.9. The first-order valence-electron chi connectivity index (χ1n) is 6.03. The molecule has 2 rings (SSSR count). The van der Waals surface area contributed by atoms with Crippen LogP contribution in [0.15, 0.2) is 12.2 Å². The van der Waals surface area contributed by atoms with Gasteiger partial charge in [-0.25, -0.2) is 0 Å². The second-order valence-corrected chi connectivity index (χ2v) is 5.04. The summed E-state index contributed by atoms with van der Waals surface area (Å²) in [6, 6.07) is 0.00492. The van der Waals surface area contributed by atoms with Crippen LogP contribution in [0.3, 0.4) is 0 Å². The highest BCUT2D eigenvalue weighted by atomic mass is 16.3. The molecule has 1 saturated carbocycles. The molecule has 90 valence electrons. The van der Waals surface area contributed by atoms with Gasteiger partial charge in [-0.2, -0.15) is 0 Å². The first kappa shape index (κ1) is 11.6. The van der Waals surface area contributed by atoms with Crippen molar-refractivity contribution in [1.82, 2.24) is 5.32 Å². The zero-order valence-electron chi connectivity index (χ0n) is 9.48. The Morgan fingerprint density at radius 3 is 2.69 bits per heavy atom. The number of hydrogen-bond donors (Lipinski definition) is 3. The van der Waals surface area contributed by atoms with Crippen LogP contribution in [0.5, 0.6) is 0 Å². The lowest BCUT2D eigenvalue weighted by molar-refractivity contribution is -0.124. The van der Waals surface area contributed by atoms with Gasteiger partial charge in [-0.1, -0.05) is 25.0 Å². The van der Waals surface area contributed by atoms with Crippen LogP contribution in [0.2, 0.25) is 0 Å². The summed E-state index contributed by atoms with van der Waals surface area (Å²) in [5.74, 6) is -0.121. The lowest BCUT2D eigenvalue weighted by atomic mass is 10.0. The van der Waals surface area contributed by atoms with Crippen molar-refractivity contribution in [2.45, 2.75) is 43.7 Å². The minimum absolute atomic E-state index is 0.00492. The Labute approximate surface area is 95.9 Å². The number of carbonyl (C=O) groups excluding carboxylic acids is 1. The van der Waals surface area contributed by atoms with Gasteiger partial charge in [-0.05, 0) is 19.3 Å². The van der Waals surface area contributed by atoms with Gasteiger partial charge in [0.05, 0.1) is 11.5 Å². The number of nitrogens with two attached hydrogens (primary N) is 1. The molecule has 0 aromatic heterocycles. The van der Waals surface area contributed by atoms with E-state index in [1.54, 1.807) is 0 Å². The van der Waals surface area contributed by atoms with Crippen molar-refractivity contribution in [3.63, 3.8) is 0 Å². The number of aliphatic hydroxyl groups is 1. The Kier molecular flexibility index (Phi) is 3.30. The van der Waals surface area contributed by atoms with Crippen LogP contribution in [0, 0.1) is 5.92 Å². The van der Waals surface area contributed by atoms with Gasteiger partial charge >= 0.3 is 0 Å². The van der Waals surface area contributed by atoms with Gasteiger partial charge in [0.2, 0.25) is 5.91 Å². The molecule has 0 aliphatic heterocycles.